The van der Waals surface area contributed by atoms with Crippen LogP contribution in [0.3, 0.4) is 0 Å². The van der Waals surface area contributed by atoms with Gasteiger partial charge in [0, 0.05) is 44.1 Å². The Morgan fingerprint density at radius 2 is 1.52 bits per heavy atom. The average molecular weight is 391 g/mol. The van der Waals surface area contributed by atoms with Gasteiger partial charge in [-0.25, -0.2) is 0 Å². The van der Waals surface area contributed by atoms with E-state index in [1.54, 1.807) is 0 Å². The van der Waals surface area contributed by atoms with Gasteiger partial charge in [-0.2, -0.15) is 0 Å². The van der Waals surface area contributed by atoms with Crippen molar-refractivity contribution in [2.75, 3.05) is 13.1 Å². The Morgan fingerprint density at radius 1 is 0.862 bits per heavy atom. The Hall–Kier alpha value is -2.52. The van der Waals surface area contributed by atoms with Crippen molar-refractivity contribution in [1.29, 1.82) is 0 Å². The maximum atomic E-state index is 11.1. The average Bonchev–Trinajstić information content (AvgIpc) is 2.73. The first-order valence-corrected chi connectivity index (χ1v) is 10.6. The van der Waals surface area contributed by atoms with Crippen LogP contribution in [0.4, 0.5) is 0 Å². The Balaban J connectivity index is 0.000000189. The lowest BCUT2D eigenvalue weighted by molar-refractivity contribution is -0.121. The number of aryl methyl sites for hydroxylation is 2. The first-order chi connectivity index (χ1) is 14.0. The van der Waals surface area contributed by atoms with E-state index in [1.807, 2.05) is 24.4 Å². The summed E-state index contributed by atoms with van der Waals surface area (Å²) < 4.78 is 0. The molecule has 0 N–H and O–H groups in total. The zero-order valence-corrected chi connectivity index (χ0v) is 18.3. The Bertz CT molecular complexity index is 889. The van der Waals surface area contributed by atoms with E-state index < -0.39 is 0 Å². The van der Waals surface area contributed by atoms with Crippen LogP contribution in [0.5, 0.6) is 0 Å². The summed E-state index contributed by atoms with van der Waals surface area (Å²) in [6.07, 6.45) is 4.53. The number of hydrogen-bond acceptors (Lipinski definition) is 3. The van der Waals surface area contributed by atoms with E-state index in [0.717, 1.165) is 38.0 Å². The molecule has 1 aliphatic rings. The van der Waals surface area contributed by atoms with Crippen molar-refractivity contribution in [3.63, 3.8) is 0 Å². The summed E-state index contributed by atoms with van der Waals surface area (Å²) in [4.78, 5) is 17.7. The van der Waals surface area contributed by atoms with E-state index in [9.17, 15) is 4.79 Å². The molecule has 1 aromatic heterocycles. The minimum Gasteiger partial charge on any atom is -0.300 e. The molecule has 0 aliphatic carbocycles. The lowest BCUT2D eigenvalue weighted by Crippen LogP contribution is -2.33. The molecule has 4 rings (SSSR count). The fourth-order valence-corrected chi connectivity index (χ4v) is 3.25. The van der Waals surface area contributed by atoms with Crippen LogP contribution in [0.25, 0.3) is 10.9 Å². The van der Waals surface area contributed by atoms with Crippen LogP contribution in [0.1, 0.15) is 49.8 Å². The van der Waals surface area contributed by atoms with Crippen molar-refractivity contribution in [2.24, 2.45) is 0 Å². The van der Waals surface area contributed by atoms with Crippen molar-refractivity contribution in [1.82, 2.24) is 9.88 Å². The van der Waals surface area contributed by atoms with E-state index in [4.69, 9.17) is 0 Å². The lowest BCUT2D eigenvalue weighted by Gasteiger charge is -2.26. The molecular weight excluding hydrogens is 356 g/mol. The minimum atomic E-state index is 0.413. The summed E-state index contributed by atoms with van der Waals surface area (Å²) >= 11 is 0. The molecule has 3 heteroatoms. The number of aromatic nitrogens is 1. The molecule has 0 spiro atoms. The summed E-state index contributed by atoms with van der Waals surface area (Å²) in [5.74, 6) is 0.413. The summed E-state index contributed by atoms with van der Waals surface area (Å²) in [7, 11) is 0. The number of piperidine rings is 1. The van der Waals surface area contributed by atoms with Gasteiger partial charge in [-0.3, -0.25) is 14.7 Å². The van der Waals surface area contributed by atoms with Crippen molar-refractivity contribution >= 4 is 16.7 Å². The topological polar surface area (TPSA) is 33.2 Å². The van der Waals surface area contributed by atoms with Gasteiger partial charge in [0.25, 0.3) is 0 Å². The van der Waals surface area contributed by atoms with Crippen LogP contribution in [-0.4, -0.2) is 28.8 Å². The number of rotatable bonds is 2. The number of hydrogen-bond donors (Lipinski definition) is 0. The first-order valence-electron chi connectivity index (χ1n) is 10.6. The van der Waals surface area contributed by atoms with Gasteiger partial charge in [-0.1, -0.05) is 62.7 Å². The van der Waals surface area contributed by atoms with Crippen molar-refractivity contribution in [2.45, 2.75) is 53.5 Å². The Kier molecular flexibility index (Phi) is 9.52. The van der Waals surface area contributed by atoms with Crippen LogP contribution in [0.15, 0.2) is 60.8 Å². The molecule has 3 nitrogen and oxygen atoms in total. The molecule has 2 heterocycles. The normalized spacial score (nSPS) is 13.9. The highest BCUT2D eigenvalue weighted by Crippen LogP contribution is 2.15. The van der Waals surface area contributed by atoms with E-state index in [0.29, 0.717) is 5.78 Å². The summed E-state index contributed by atoms with van der Waals surface area (Å²) in [6.45, 7) is 11.3. The van der Waals surface area contributed by atoms with Gasteiger partial charge in [-0.15, -0.1) is 0 Å². The van der Waals surface area contributed by atoms with Gasteiger partial charge in [0.1, 0.15) is 5.78 Å². The van der Waals surface area contributed by atoms with E-state index in [-0.39, 0.29) is 0 Å². The summed E-state index contributed by atoms with van der Waals surface area (Å²) in [5.41, 5.74) is 5.09. The predicted octanol–water partition coefficient (Wildman–Crippen LogP) is 6.12. The van der Waals surface area contributed by atoms with Crippen molar-refractivity contribution in [3.05, 3.63) is 77.5 Å². The van der Waals surface area contributed by atoms with Gasteiger partial charge in [0.05, 0.1) is 5.52 Å². The molecule has 1 fully saturated rings. The molecular formula is C26H34N2O. The lowest BCUT2D eigenvalue weighted by atomic mass is 10.1. The number of Topliss-reactive ketones (excluding diaryl/α,β-unsaturated/α-hetero) is 1. The highest BCUT2D eigenvalue weighted by Gasteiger charge is 2.16. The standard InChI is InChI=1S/C13H17NO.C10H9N.C3H8/c1-11-4-2-3-5-12(11)10-14-8-6-13(15)7-9-14;1-8-4-2-6-10-9(8)5-3-7-11-10;1-3-2/h2-5H,6-10H2,1H3;2-7H,1H3;3H2,1-2H3. The summed E-state index contributed by atoms with van der Waals surface area (Å²) in [5, 5.41) is 1.25. The van der Waals surface area contributed by atoms with Gasteiger partial charge in [0.15, 0.2) is 0 Å². The highest BCUT2D eigenvalue weighted by atomic mass is 16.1. The third kappa shape index (κ3) is 7.43. The van der Waals surface area contributed by atoms with Gasteiger partial charge < -0.3 is 0 Å². The number of carbonyl (C=O) groups is 1. The Morgan fingerprint density at radius 3 is 2.17 bits per heavy atom. The molecule has 0 radical (unpaired) electrons. The molecule has 1 saturated heterocycles. The molecule has 154 valence electrons. The van der Waals surface area contributed by atoms with Crippen molar-refractivity contribution in [3.8, 4) is 0 Å². The summed E-state index contributed by atoms with van der Waals surface area (Å²) in [6, 6.07) is 18.7. The minimum absolute atomic E-state index is 0.413. The van der Waals surface area contributed by atoms with Crippen LogP contribution < -0.4 is 0 Å². The SMILES string of the molecule is CCC.Cc1cccc2ncccc12.Cc1ccccc1CN1CCC(=O)CC1. The quantitative estimate of drug-likeness (QED) is 0.528. The molecule has 3 aromatic rings. The number of likely N-dealkylation sites (tertiary alicyclic amines) is 1. The zero-order chi connectivity index (χ0) is 21.1. The van der Waals surface area contributed by atoms with Crippen LogP contribution in [0, 0.1) is 13.8 Å². The molecule has 0 bridgehead atoms. The third-order valence-electron chi connectivity index (χ3n) is 4.93. The number of pyridine rings is 1. The molecule has 29 heavy (non-hydrogen) atoms. The van der Waals surface area contributed by atoms with Gasteiger partial charge in [0.2, 0.25) is 0 Å². The second-order valence-corrected chi connectivity index (χ2v) is 7.59. The number of ketones is 1. The van der Waals surface area contributed by atoms with Gasteiger partial charge >= 0.3 is 0 Å². The smallest absolute Gasteiger partial charge is 0.135 e. The fraction of sp³-hybridized carbons (Fsp3) is 0.385. The highest BCUT2D eigenvalue weighted by molar-refractivity contribution is 5.81. The Labute approximate surface area is 175 Å². The van der Waals surface area contributed by atoms with E-state index in [1.165, 1.54) is 28.5 Å². The predicted molar refractivity (Wildman–Crippen MR) is 123 cm³/mol. The first kappa shape index (κ1) is 22.8. The van der Waals surface area contributed by atoms with Crippen LogP contribution in [0.2, 0.25) is 0 Å². The van der Waals surface area contributed by atoms with Crippen molar-refractivity contribution < 1.29 is 4.79 Å². The monoisotopic (exact) mass is 390 g/mol. The molecule has 0 amide bonds. The van der Waals surface area contributed by atoms with Crippen LogP contribution >= 0.6 is 0 Å². The number of fused-ring (bicyclic) bond motifs is 1. The molecule has 0 atom stereocenters. The fourth-order valence-electron chi connectivity index (χ4n) is 3.25. The largest absolute Gasteiger partial charge is 0.300 e. The zero-order valence-electron chi connectivity index (χ0n) is 18.3. The number of nitrogens with zero attached hydrogens (tertiary/aromatic N) is 2. The maximum Gasteiger partial charge on any atom is 0.135 e. The molecule has 0 unspecified atom stereocenters. The van der Waals surface area contributed by atoms with Gasteiger partial charge in [-0.05, 0) is 42.7 Å². The maximum absolute atomic E-state index is 11.1. The molecule has 2 aromatic carbocycles. The van der Waals surface area contributed by atoms with E-state index in [2.05, 4.69) is 74.0 Å². The molecule has 1 aliphatic heterocycles. The second kappa shape index (κ2) is 12.1. The number of carbonyl (C=O) groups excluding carboxylic acids is 1. The molecule has 0 saturated carbocycles. The second-order valence-electron chi connectivity index (χ2n) is 7.59. The third-order valence-corrected chi connectivity index (χ3v) is 4.93. The van der Waals surface area contributed by atoms with Crippen LogP contribution in [-0.2, 0) is 11.3 Å². The van der Waals surface area contributed by atoms with E-state index >= 15 is 0 Å². The number of benzene rings is 2.